The summed E-state index contributed by atoms with van der Waals surface area (Å²) in [5.41, 5.74) is 14.5. The maximum absolute atomic E-state index is 5.29. The Bertz CT molecular complexity index is 212. The molecule has 0 aliphatic rings. The summed E-state index contributed by atoms with van der Waals surface area (Å²) >= 11 is 5.60. The van der Waals surface area contributed by atoms with Crippen LogP contribution in [0.15, 0.2) is 6.20 Å². The first kappa shape index (κ1) is 10.1. The van der Waals surface area contributed by atoms with Crippen LogP contribution in [-0.2, 0) is 0 Å². The predicted octanol–water partition coefficient (Wildman–Crippen LogP) is 0.222. The number of thiazole rings is 1. The van der Waals surface area contributed by atoms with Crippen molar-refractivity contribution in [3.63, 3.8) is 0 Å². The molecule has 0 saturated heterocycles. The number of aromatic nitrogens is 1. The number of hydrogen-bond donors (Lipinski definition) is 3. The molecule has 0 bridgehead atoms. The summed E-state index contributed by atoms with van der Waals surface area (Å²) in [6.07, 6.45) is 1.76. The molecule has 6 heteroatoms. The van der Waals surface area contributed by atoms with Crippen LogP contribution in [0.5, 0.6) is 0 Å². The average molecular weight is 190 g/mol. The van der Waals surface area contributed by atoms with Crippen LogP contribution >= 0.6 is 23.6 Å². The van der Waals surface area contributed by atoms with Gasteiger partial charge in [-0.1, -0.05) is 0 Å². The molecule has 11 heavy (non-hydrogen) atoms. The Hall–Kier alpha value is -0.880. The first-order valence-corrected chi connectivity index (χ1v) is 3.97. The van der Waals surface area contributed by atoms with E-state index in [1.165, 1.54) is 11.3 Å². The van der Waals surface area contributed by atoms with Gasteiger partial charge in [-0.15, -0.1) is 11.3 Å². The highest BCUT2D eigenvalue weighted by atomic mass is 32.1. The molecule has 62 valence electrons. The van der Waals surface area contributed by atoms with E-state index in [2.05, 4.69) is 28.7 Å². The lowest BCUT2D eigenvalue weighted by Crippen LogP contribution is -2.18. The number of rotatable bonds is 0. The molecule has 0 aliphatic carbocycles. The Kier molecular flexibility index (Phi) is 4.47. The molecule has 0 fully saturated rings. The van der Waals surface area contributed by atoms with Crippen molar-refractivity contribution in [2.24, 2.45) is 11.5 Å². The summed E-state index contributed by atoms with van der Waals surface area (Å²) in [5.74, 6) is 0. The Balaban J connectivity index is 0.000000218. The minimum atomic E-state index is 0.000000000000000222. The Morgan fingerprint density at radius 3 is 2.18 bits per heavy atom. The molecule has 1 rings (SSSR count). The maximum Gasteiger partial charge on any atom is 0.180 e. The predicted molar refractivity (Wildman–Crippen MR) is 52.2 cm³/mol. The SMILES string of the molecule is Cc1cnc(N)s1.NC(N)=S. The number of aryl methyl sites for hydroxylation is 1. The van der Waals surface area contributed by atoms with Crippen molar-refractivity contribution in [2.45, 2.75) is 6.92 Å². The molecule has 1 aromatic heterocycles. The number of hydrogen-bond acceptors (Lipinski definition) is 4. The number of nitrogen functional groups attached to an aromatic ring is 1. The quantitative estimate of drug-likeness (QED) is 0.509. The van der Waals surface area contributed by atoms with Gasteiger partial charge in [-0.05, 0) is 19.1 Å². The molecular weight excluding hydrogens is 180 g/mol. The van der Waals surface area contributed by atoms with Crippen molar-refractivity contribution in [1.29, 1.82) is 0 Å². The minimum absolute atomic E-state index is 0.000000000000000222. The van der Waals surface area contributed by atoms with Crippen molar-refractivity contribution in [2.75, 3.05) is 5.73 Å². The van der Waals surface area contributed by atoms with Gasteiger partial charge in [0.15, 0.2) is 10.2 Å². The highest BCUT2D eigenvalue weighted by Gasteiger charge is 1.86. The van der Waals surface area contributed by atoms with E-state index in [1.807, 2.05) is 6.92 Å². The summed E-state index contributed by atoms with van der Waals surface area (Å²) in [5, 5.41) is 0.650. The van der Waals surface area contributed by atoms with Crippen molar-refractivity contribution < 1.29 is 0 Å². The van der Waals surface area contributed by atoms with Crippen molar-refractivity contribution in [3.05, 3.63) is 11.1 Å². The molecule has 0 amide bonds. The van der Waals surface area contributed by atoms with Gasteiger partial charge in [0.25, 0.3) is 0 Å². The third-order valence-corrected chi connectivity index (χ3v) is 1.38. The van der Waals surface area contributed by atoms with Gasteiger partial charge in [-0.25, -0.2) is 4.98 Å². The van der Waals surface area contributed by atoms with Gasteiger partial charge in [0, 0.05) is 11.1 Å². The molecule has 0 atom stereocenters. The molecule has 1 aromatic rings. The first-order chi connectivity index (χ1) is 5.02. The van der Waals surface area contributed by atoms with E-state index in [0.29, 0.717) is 5.13 Å². The summed E-state index contributed by atoms with van der Waals surface area (Å²) in [4.78, 5) is 4.98. The molecule has 0 aliphatic heterocycles. The van der Waals surface area contributed by atoms with Crippen molar-refractivity contribution >= 4 is 33.8 Å². The van der Waals surface area contributed by atoms with Crippen LogP contribution in [0, 0.1) is 6.92 Å². The van der Waals surface area contributed by atoms with E-state index in [4.69, 9.17) is 5.73 Å². The normalized spacial score (nSPS) is 8.09. The van der Waals surface area contributed by atoms with E-state index in [0.717, 1.165) is 4.88 Å². The number of nitrogens with two attached hydrogens (primary N) is 3. The zero-order valence-corrected chi connectivity index (χ0v) is 7.71. The van der Waals surface area contributed by atoms with E-state index in [1.54, 1.807) is 6.20 Å². The lowest BCUT2D eigenvalue weighted by atomic mass is 10.7. The second-order valence-corrected chi connectivity index (χ2v) is 3.45. The summed E-state index contributed by atoms with van der Waals surface area (Å²) in [6.45, 7) is 1.98. The van der Waals surface area contributed by atoms with E-state index in [-0.39, 0.29) is 5.11 Å². The van der Waals surface area contributed by atoms with Gasteiger partial charge < -0.3 is 17.2 Å². The fourth-order valence-electron chi connectivity index (χ4n) is 0.372. The fourth-order valence-corrected chi connectivity index (χ4v) is 0.913. The monoisotopic (exact) mass is 190 g/mol. The fraction of sp³-hybridized carbons (Fsp3) is 0.200. The highest BCUT2D eigenvalue weighted by molar-refractivity contribution is 7.80. The minimum Gasteiger partial charge on any atom is -0.377 e. The van der Waals surface area contributed by atoms with Gasteiger partial charge in [0.05, 0.1) is 0 Å². The number of nitrogens with zero attached hydrogens (tertiary/aromatic N) is 1. The van der Waals surface area contributed by atoms with Crippen molar-refractivity contribution in [3.8, 4) is 0 Å². The van der Waals surface area contributed by atoms with Gasteiger partial charge in [-0.2, -0.15) is 0 Å². The lowest BCUT2D eigenvalue weighted by Gasteiger charge is -1.70. The van der Waals surface area contributed by atoms with Crippen LogP contribution in [0.1, 0.15) is 4.88 Å². The zero-order valence-electron chi connectivity index (χ0n) is 6.07. The molecule has 4 nitrogen and oxygen atoms in total. The largest absolute Gasteiger partial charge is 0.377 e. The number of thiocarbonyl (C=S) groups is 1. The third-order valence-electron chi connectivity index (χ3n) is 0.639. The molecule has 1 heterocycles. The number of anilines is 1. The van der Waals surface area contributed by atoms with Crippen LogP contribution in [-0.4, -0.2) is 10.1 Å². The first-order valence-electron chi connectivity index (χ1n) is 2.75. The van der Waals surface area contributed by atoms with Crippen LogP contribution < -0.4 is 17.2 Å². The van der Waals surface area contributed by atoms with Gasteiger partial charge in [-0.3, -0.25) is 0 Å². The Morgan fingerprint density at radius 1 is 1.64 bits per heavy atom. The highest BCUT2D eigenvalue weighted by Crippen LogP contribution is 2.11. The maximum atomic E-state index is 5.29. The van der Waals surface area contributed by atoms with Gasteiger partial charge >= 0.3 is 0 Å². The molecular formula is C5H10N4S2. The van der Waals surface area contributed by atoms with Gasteiger partial charge in [0.1, 0.15) is 0 Å². The second kappa shape index (κ2) is 4.86. The van der Waals surface area contributed by atoms with E-state index >= 15 is 0 Å². The standard InChI is InChI=1S/C4H6N2S.CH4N2S/c1-3-2-6-4(5)7-3;2-1(3)4/h2H,1H3,(H2,5,6);(H4,2,3,4). The van der Waals surface area contributed by atoms with Crippen molar-refractivity contribution in [1.82, 2.24) is 4.98 Å². The van der Waals surface area contributed by atoms with Crippen LogP contribution in [0.25, 0.3) is 0 Å². The second-order valence-electron chi connectivity index (χ2n) is 1.71. The zero-order chi connectivity index (χ0) is 8.85. The molecule has 0 radical (unpaired) electrons. The Labute approximate surface area is 74.4 Å². The van der Waals surface area contributed by atoms with Gasteiger partial charge in [0.2, 0.25) is 0 Å². The van der Waals surface area contributed by atoms with E-state index < -0.39 is 0 Å². The van der Waals surface area contributed by atoms with Crippen LogP contribution in [0.2, 0.25) is 0 Å². The molecule has 0 unspecified atom stereocenters. The summed E-state index contributed by atoms with van der Waals surface area (Å²) in [7, 11) is 0. The van der Waals surface area contributed by atoms with Crippen LogP contribution in [0.4, 0.5) is 5.13 Å². The van der Waals surface area contributed by atoms with E-state index in [9.17, 15) is 0 Å². The average Bonchev–Trinajstić information content (AvgIpc) is 2.13. The lowest BCUT2D eigenvalue weighted by molar-refractivity contribution is 1.39. The summed E-state index contributed by atoms with van der Waals surface area (Å²) in [6, 6.07) is 0. The Morgan fingerprint density at radius 2 is 2.09 bits per heavy atom. The smallest absolute Gasteiger partial charge is 0.180 e. The molecule has 0 spiro atoms. The summed E-state index contributed by atoms with van der Waals surface area (Å²) < 4.78 is 0. The topological polar surface area (TPSA) is 90.9 Å². The van der Waals surface area contributed by atoms with Crippen LogP contribution in [0.3, 0.4) is 0 Å². The molecule has 0 saturated carbocycles. The molecule has 6 N–H and O–H groups in total. The molecule has 0 aromatic carbocycles. The third kappa shape index (κ3) is 7.01.